The van der Waals surface area contributed by atoms with Gasteiger partial charge in [0, 0.05) is 30.8 Å². The first kappa shape index (κ1) is 18.4. The van der Waals surface area contributed by atoms with Crippen LogP contribution < -0.4 is 5.32 Å². The molecule has 2 N–H and O–H groups in total. The van der Waals surface area contributed by atoms with E-state index in [1.807, 2.05) is 0 Å². The maximum atomic E-state index is 12.4. The zero-order chi connectivity index (χ0) is 18.6. The highest BCUT2D eigenvalue weighted by Gasteiger charge is 2.29. The molecule has 0 aromatic heterocycles. The Bertz CT molecular complexity index is 697. The molecule has 9 heteroatoms. The number of rotatable bonds is 5. The Morgan fingerprint density at radius 3 is 2.52 bits per heavy atom. The minimum Gasteiger partial charge on any atom is -0.481 e. The van der Waals surface area contributed by atoms with Crippen LogP contribution >= 0.6 is 0 Å². The number of carbonyl (C=O) groups excluding carboxylic acids is 2. The zero-order valence-electron chi connectivity index (χ0n) is 13.7. The third-order valence-electron chi connectivity index (χ3n) is 4.19. The van der Waals surface area contributed by atoms with Crippen molar-refractivity contribution in [3.05, 3.63) is 39.9 Å². The molecule has 0 aliphatic carbocycles. The maximum Gasteiger partial charge on any atom is 0.306 e. The van der Waals surface area contributed by atoms with E-state index in [1.165, 1.54) is 30.0 Å². The Labute approximate surface area is 143 Å². The van der Waals surface area contributed by atoms with Gasteiger partial charge in [-0.3, -0.25) is 24.5 Å². The van der Waals surface area contributed by atoms with E-state index in [4.69, 9.17) is 5.11 Å². The lowest BCUT2D eigenvalue weighted by molar-refractivity contribution is -0.384. The maximum absolute atomic E-state index is 12.4. The number of nitrogens with zero attached hydrogens (tertiary/aromatic N) is 2. The van der Waals surface area contributed by atoms with Gasteiger partial charge in [0.2, 0.25) is 5.91 Å². The largest absolute Gasteiger partial charge is 0.481 e. The Morgan fingerprint density at radius 2 is 1.96 bits per heavy atom. The van der Waals surface area contributed by atoms with Crippen molar-refractivity contribution >= 4 is 23.5 Å². The normalized spacial score (nSPS) is 16.1. The van der Waals surface area contributed by atoms with Crippen LogP contribution in [0.5, 0.6) is 0 Å². The van der Waals surface area contributed by atoms with E-state index in [2.05, 4.69) is 5.32 Å². The van der Waals surface area contributed by atoms with E-state index >= 15 is 0 Å². The minimum atomic E-state index is -0.862. The van der Waals surface area contributed by atoms with Crippen LogP contribution in [-0.2, 0) is 9.59 Å². The van der Waals surface area contributed by atoms with E-state index in [9.17, 15) is 24.5 Å². The summed E-state index contributed by atoms with van der Waals surface area (Å²) in [5.41, 5.74) is -0.110. The lowest BCUT2D eigenvalue weighted by Gasteiger charge is -2.32. The summed E-state index contributed by atoms with van der Waals surface area (Å²) < 4.78 is 0. The highest BCUT2D eigenvalue weighted by Crippen LogP contribution is 2.18. The standard InChI is InChI=1S/C16H19N3O6/c1-10(15(21)18-7-5-11(6-8-18)16(22)23)17-14(20)12-3-2-4-13(9-12)19(24)25/h2-4,9-11H,5-8H2,1H3,(H,17,20)(H,22,23). The van der Waals surface area contributed by atoms with Gasteiger partial charge in [-0.25, -0.2) is 0 Å². The summed E-state index contributed by atoms with van der Waals surface area (Å²) in [7, 11) is 0. The van der Waals surface area contributed by atoms with Crippen molar-refractivity contribution in [2.24, 2.45) is 5.92 Å². The Kier molecular flexibility index (Phi) is 5.68. The van der Waals surface area contributed by atoms with Gasteiger partial charge < -0.3 is 15.3 Å². The van der Waals surface area contributed by atoms with Crippen molar-refractivity contribution in [2.45, 2.75) is 25.8 Å². The lowest BCUT2D eigenvalue weighted by Crippen LogP contribution is -2.49. The Hall–Kier alpha value is -2.97. The van der Waals surface area contributed by atoms with Crippen LogP contribution in [0.3, 0.4) is 0 Å². The number of amides is 2. The monoisotopic (exact) mass is 349 g/mol. The molecule has 0 spiro atoms. The van der Waals surface area contributed by atoms with Crippen molar-refractivity contribution in [3.8, 4) is 0 Å². The number of non-ortho nitro benzene ring substituents is 1. The summed E-state index contributed by atoms with van der Waals surface area (Å²) in [6, 6.07) is 4.44. The van der Waals surface area contributed by atoms with Gasteiger partial charge in [-0.2, -0.15) is 0 Å². The van der Waals surface area contributed by atoms with E-state index in [1.54, 1.807) is 0 Å². The van der Waals surface area contributed by atoms with Gasteiger partial charge >= 0.3 is 5.97 Å². The minimum absolute atomic E-state index is 0.0958. The second kappa shape index (κ2) is 7.73. The molecular weight excluding hydrogens is 330 g/mol. The lowest BCUT2D eigenvalue weighted by atomic mass is 9.97. The van der Waals surface area contributed by atoms with Gasteiger partial charge in [0.15, 0.2) is 0 Å². The summed E-state index contributed by atoms with van der Waals surface area (Å²) in [5.74, 6) is -2.19. The van der Waals surface area contributed by atoms with E-state index in [0.717, 1.165) is 6.07 Å². The average Bonchev–Trinajstić information content (AvgIpc) is 2.61. The molecule has 1 unspecified atom stereocenters. The number of piperidine rings is 1. The number of hydrogen-bond donors (Lipinski definition) is 2. The molecule has 2 amide bonds. The quantitative estimate of drug-likeness (QED) is 0.603. The third-order valence-corrected chi connectivity index (χ3v) is 4.19. The number of carbonyl (C=O) groups is 3. The average molecular weight is 349 g/mol. The molecule has 1 aromatic carbocycles. The number of nitro groups is 1. The number of carboxylic acids is 1. The van der Waals surface area contributed by atoms with Gasteiger partial charge in [-0.15, -0.1) is 0 Å². The molecule has 2 rings (SSSR count). The summed E-state index contributed by atoms with van der Waals surface area (Å²) in [6.45, 7) is 2.18. The van der Waals surface area contributed by atoms with Crippen LogP contribution in [0.15, 0.2) is 24.3 Å². The Morgan fingerprint density at radius 1 is 1.32 bits per heavy atom. The smallest absolute Gasteiger partial charge is 0.306 e. The molecule has 0 radical (unpaired) electrons. The van der Waals surface area contributed by atoms with Gasteiger partial charge in [-0.1, -0.05) is 6.07 Å². The van der Waals surface area contributed by atoms with Crippen LogP contribution in [0.4, 0.5) is 5.69 Å². The van der Waals surface area contributed by atoms with E-state index in [-0.39, 0.29) is 17.2 Å². The number of hydrogen-bond acceptors (Lipinski definition) is 5. The molecule has 134 valence electrons. The first-order valence-electron chi connectivity index (χ1n) is 7.86. The number of carboxylic acid groups (broad SMARTS) is 1. The molecule has 9 nitrogen and oxygen atoms in total. The molecule has 1 aliphatic heterocycles. The second-order valence-electron chi connectivity index (χ2n) is 5.94. The van der Waals surface area contributed by atoms with Gasteiger partial charge in [0.25, 0.3) is 11.6 Å². The molecule has 1 aromatic rings. The number of likely N-dealkylation sites (tertiary alicyclic amines) is 1. The van der Waals surface area contributed by atoms with E-state index < -0.39 is 28.8 Å². The molecule has 1 atom stereocenters. The molecule has 1 saturated heterocycles. The predicted octanol–water partition coefficient (Wildman–Crippen LogP) is 1.04. The summed E-state index contributed by atoms with van der Waals surface area (Å²) >= 11 is 0. The number of nitro benzene ring substituents is 1. The number of aliphatic carboxylic acids is 1. The molecule has 0 saturated carbocycles. The molecule has 1 aliphatic rings. The second-order valence-corrected chi connectivity index (χ2v) is 5.94. The first-order chi connectivity index (χ1) is 11.8. The number of benzene rings is 1. The van der Waals surface area contributed by atoms with Gasteiger partial charge in [0.05, 0.1) is 10.8 Å². The highest BCUT2D eigenvalue weighted by molar-refractivity contribution is 5.97. The third kappa shape index (κ3) is 4.52. The van der Waals surface area contributed by atoms with Gasteiger partial charge in [0.1, 0.15) is 6.04 Å². The predicted molar refractivity (Wildman–Crippen MR) is 87.0 cm³/mol. The van der Waals surface area contributed by atoms with Crippen LogP contribution in [0.1, 0.15) is 30.1 Å². The first-order valence-corrected chi connectivity index (χ1v) is 7.86. The molecule has 1 heterocycles. The van der Waals surface area contributed by atoms with Crippen LogP contribution in [0.25, 0.3) is 0 Å². The topological polar surface area (TPSA) is 130 Å². The fourth-order valence-corrected chi connectivity index (χ4v) is 2.72. The van der Waals surface area contributed by atoms with Crippen molar-refractivity contribution in [1.82, 2.24) is 10.2 Å². The zero-order valence-corrected chi connectivity index (χ0v) is 13.7. The van der Waals surface area contributed by atoms with Crippen LogP contribution in [-0.4, -0.2) is 51.8 Å². The van der Waals surface area contributed by atoms with Crippen molar-refractivity contribution in [3.63, 3.8) is 0 Å². The van der Waals surface area contributed by atoms with Gasteiger partial charge in [-0.05, 0) is 25.8 Å². The van der Waals surface area contributed by atoms with Crippen molar-refractivity contribution < 1.29 is 24.4 Å². The summed E-state index contributed by atoms with van der Waals surface area (Å²) in [6.07, 6.45) is 0.763. The highest BCUT2D eigenvalue weighted by atomic mass is 16.6. The molecule has 0 bridgehead atoms. The molecule has 1 fully saturated rings. The Balaban J connectivity index is 1.95. The number of nitrogens with one attached hydrogen (secondary N) is 1. The fourth-order valence-electron chi connectivity index (χ4n) is 2.72. The van der Waals surface area contributed by atoms with E-state index in [0.29, 0.717) is 25.9 Å². The van der Waals surface area contributed by atoms with Crippen LogP contribution in [0, 0.1) is 16.0 Å². The molecular formula is C16H19N3O6. The summed E-state index contributed by atoms with van der Waals surface area (Å²) in [4.78, 5) is 47.2. The molecule has 25 heavy (non-hydrogen) atoms. The van der Waals surface area contributed by atoms with Crippen molar-refractivity contribution in [1.29, 1.82) is 0 Å². The SMILES string of the molecule is CC(NC(=O)c1cccc([N+](=O)[O-])c1)C(=O)N1CCC(C(=O)O)CC1. The van der Waals surface area contributed by atoms with Crippen LogP contribution in [0.2, 0.25) is 0 Å². The summed E-state index contributed by atoms with van der Waals surface area (Å²) in [5, 5.41) is 22.3. The van der Waals surface area contributed by atoms with Crippen molar-refractivity contribution in [2.75, 3.05) is 13.1 Å². The fraction of sp³-hybridized carbons (Fsp3) is 0.438.